The van der Waals surface area contributed by atoms with Crippen LogP contribution in [0.1, 0.15) is 119 Å². The van der Waals surface area contributed by atoms with E-state index in [1.54, 1.807) is 162 Å². The van der Waals surface area contributed by atoms with Crippen molar-refractivity contribution in [2.45, 2.75) is 118 Å². The molecular weight excluding hydrogens is 1980 g/mol. The Kier molecular flexibility index (Phi) is 36.3. The molecule has 1 amide bonds. The third-order valence-corrected chi connectivity index (χ3v) is 30.8. The number of ether oxygens (including phenoxy) is 1. The van der Waals surface area contributed by atoms with Gasteiger partial charge in [-0.2, -0.15) is 97.4 Å². The zero-order valence-corrected chi connectivity index (χ0v) is 85.9. The molecule has 7 atom stereocenters. The molecule has 5 unspecified atom stereocenters. The number of carbonyl (C=O) groups excluding carboxylic acids is 1. The standard InChI is InChI=1S/C19H21N3O4S.C16H17NO3S.C15H15NO.3C14H13N3O2S.C11H6BrN.C3H9NO/c1-13-12-21(18(23)26-19(2,3)4)27(24,25)22(13)16-8-9-17-14(10-16)6-5-7-15(17)11-20;1-12(11-20-21(2,18)19)8-13-6-7-16-14(9-13)4-3-5-15(16)10-17;1-11(10-17)7-12-5-6-15-13(8-12)3-2-4-14(15)9-16;3*1-10-9-16-20(18,19)17(10)13-5-6-14-11(7-13)3-2-4-12(14)8-15;12-10-4-5-11-8(6-10)2-1-3-9(11)7-13;1-3(4)2-5/h5-10,13H,12H2,1-4H3;3-7,9,12H,8,11H2,1-2H3;2-6,8,11,17H,7,10H2,1H3;3*2-7,10,16H,9H2,1H3;1-6H;3,5H,2,4H2,1H3/t;;;2*10-;;;/m...10.../s1. The van der Waals surface area contributed by atoms with E-state index in [1.165, 1.54) is 22.8 Å². The number of anilines is 4. The average Bonchev–Trinajstić information content (AvgIpc) is 1.59. The van der Waals surface area contributed by atoms with Gasteiger partial charge in [0.1, 0.15) is 5.60 Å². The van der Waals surface area contributed by atoms with Gasteiger partial charge in [-0.3, -0.25) is 17.1 Å². The Morgan fingerprint density at radius 1 is 0.413 bits per heavy atom. The molecule has 31 nitrogen and oxygen atoms in total. The summed E-state index contributed by atoms with van der Waals surface area (Å²) in [6.07, 6.45) is 1.76. The first-order valence-corrected chi connectivity index (χ1v) is 53.5. The van der Waals surface area contributed by atoms with Crippen molar-refractivity contribution in [3.63, 3.8) is 0 Å². The molecule has 18 rings (SSSR count). The molecule has 7 N–H and O–H groups in total. The number of amides is 1. The van der Waals surface area contributed by atoms with Crippen molar-refractivity contribution in [2.75, 3.05) is 69.5 Å². The van der Waals surface area contributed by atoms with Gasteiger partial charge in [0.25, 0.3) is 10.1 Å². The topological polar surface area (TPSA) is 492 Å². The lowest BCUT2D eigenvalue weighted by atomic mass is 9.97. The minimum atomic E-state index is -4.06. The highest BCUT2D eigenvalue weighted by Crippen LogP contribution is 2.37. The molecule has 143 heavy (non-hydrogen) atoms. The minimum absolute atomic E-state index is 0.00746. The second-order valence-corrected chi connectivity index (χ2v) is 44.8. The molecule has 37 heteroatoms. The van der Waals surface area contributed by atoms with E-state index >= 15 is 0 Å². The molecule has 4 saturated heterocycles. The molecule has 0 radical (unpaired) electrons. The summed E-state index contributed by atoms with van der Waals surface area (Å²) in [6, 6.07) is 91.9. The number of halogens is 1. The predicted molar refractivity (Wildman–Crippen MR) is 563 cm³/mol. The molecule has 4 aliphatic heterocycles. The maximum atomic E-state index is 13.0. The van der Waals surface area contributed by atoms with Gasteiger partial charge in [0.15, 0.2) is 0 Å². The molecule has 14 aromatic rings. The Labute approximate surface area is 843 Å². The van der Waals surface area contributed by atoms with Crippen LogP contribution < -0.4 is 37.1 Å². The monoisotopic (exact) mass is 2080 g/mol. The van der Waals surface area contributed by atoms with E-state index in [9.17, 15) is 52.1 Å². The predicted octanol–water partition coefficient (Wildman–Crippen LogP) is 17.2. The minimum Gasteiger partial charge on any atom is -0.443 e. The van der Waals surface area contributed by atoms with E-state index in [0.29, 0.717) is 75.8 Å². The number of carbonyl (C=O) groups is 1. The van der Waals surface area contributed by atoms with Gasteiger partial charge in [0.05, 0.1) is 154 Å². The number of nitrogens with zero attached hydrogens (tertiary/aromatic N) is 12. The molecule has 0 aliphatic carbocycles. The van der Waals surface area contributed by atoms with Crippen molar-refractivity contribution >= 4 is 171 Å². The lowest BCUT2D eigenvalue weighted by molar-refractivity contribution is 0.0399. The second kappa shape index (κ2) is 47.6. The van der Waals surface area contributed by atoms with Crippen molar-refractivity contribution in [1.82, 2.24) is 18.5 Å². The number of hydrogen-bond donors (Lipinski definition) is 6. The quantitative estimate of drug-likeness (QED) is 0.0584. The third-order valence-electron chi connectivity index (χ3n) is 23.0. The highest BCUT2D eigenvalue weighted by Gasteiger charge is 2.47. The normalized spacial score (nSPS) is 17.2. The Morgan fingerprint density at radius 2 is 0.678 bits per heavy atom. The Morgan fingerprint density at radius 3 is 0.937 bits per heavy atom. The van der Waals surface area contributed by atoms with Gasteiger partial charge in [-0.25, -0.2) is 9.10 Å². The largest absolute Gasteiger partial charge is 0.443 e. The number of nitrogens with one attached hydrogen (secondary N) is 3. The number of nitriles is 7. The first kappa shape index (κ1) is 109. The van der Waals surface area contributed by atoms with E-state index in [0.717, 1.165) is 114 Å². The van der Waals surface area contributed by atoms with Crippen LogP contribution in [-0.2, 0) is 72.7 Å². The number of aliphatic hydroxyl groups is 2. The van der Waals surface area contributed by atoms with Crippen LogP contribution in [0, 0.1) is 91.2 Å². The van der Waals surface area contributed by atoms with Crippen LogP contribution in [0.5, 0.6) is 0 Å². The van der Waals surface area contributed by atoms with E-state index in [2.05, 4.69) is 78.6 Å². The second-order valence-electron chi connectivity index (χ2n) is 35.6. The van der Waals surface area contributed by atoms with Crippen LogP contribution in [0.25, 0.3) is 75.4 Å². The summed E-state index contributed by atoms with van der Waals surface area (Å²) in [5, 5.41) is 93.1. The van der Waals surface area contributed by atoms with Crippen LogP contribution in [0.3, 0.4) is 0 Å². The summed E-state index contributed by atoms with van der Waals surface area (Å²) in [5.74, 6) is 0.364. The van der Waals surface area contributed by atoms with Crippen LogP contribution in [0.4, 0.5) is 27.5 Å². The van der Waals surface area contributed by atoms with Gasteiger partial charge in [-0.1, -0.05) is 181 Å². The number of nitrogens with two attached hydrogens (primary N) is 1. The Bertz CT molecular complexity index is 7740. The number of hydrogen-bond acceptors (Lipinski definition) is 23. The van der Waals surface area contributed by atoms with Crippen molar-refractivity contribution in [3.8, 4) is 42.5 Å². The van der Waals surface area contributed by atoms with Crippen LogP contribution >= 0.6 is 15.9 Å². The van der Waals surface area contributed by atoms with E-state index in [1.807, 2.05) is 156 Å². The molecule has 0 bridgehead atoms. The first-order valence-electron chi connectivity index (χ1n) is 45.2. The van der Waals surface area contributed by atoms with E-state index < -0.39 is 68.7 Å². The van der Waals surface area contributed by atoms with E-state index in [4.69, 9.17) is 56.4 Å². The average molecular weight is 2090 g/mol. The summed E-state index contributed by atoms with van der Waals surface area (Å²) >= 11 is 3.40. The smallest absolute Gasteiger partial charge is 0.425 e. The summed E-state index contributed by atoms with van der Waals surface area (Å²) in [6.45, 7) is 19.7. The molecule has 4 fully saturated rings. The lowest BCUT2D eigenvalue weighted by Gasteiger charge is -2.25. The Balaban J connectivity index is 0.000000159. The van der Waals surface area contributed by atoms with Gasteiger partial charge >= 0.3 is 46.9 Å². The Hall–Kier alpha value is -14.3. The van der Waals surface area contributed by atoms with Crippen molar-refractivity contribution in [2.24, 2.45) is 17.6 Å². The van der Waals surface area contributed by atoms with Gasteiger partial charge < -0.3 is 20.7 Å². The van der Waals surface area contributed by atoms with Gasteiger partial charge in [-0.05, 0) is 270 Å². The molecule has 738 valence electrons. The van der Waals surface area contributed by atoms with Gasteiger partial charge in [0, 0.05) is 36.8 Å². The molecular formula is C106H107BrN16O15S5. The number of rotatable bonds is 13. The van der Waals surface area contributed by atoms with Crippen LogP contribution in [0.15, 0.2) is 259 Å². The molecule has 4 heterocycles. The zero-order valence-electron chi connectivity index (χ0n) is 80.2. The maximum absolute atomic E-state index is 13.0. The lowest BCUT2D eigenvalue weighted by Crippen LogP contribution is -2.40. The summed E-state index contributed by atoms with van der Waals surface area (Å²) < 4.78 is 145. The number of fused-ring (bicyclic) bond motifs is 7. The van der Waals surface area contributed by atoms with Gasteiger partial charge in [0.2, 0.25) is 0 Å². The summed E-state index contributed by atoms with van der Waals surface area (Å²) in [5.41, 5.74) is 13.2. The first-order chi connectivity index (χ1) is 67.8. The highest BCUT2D eigenvalue weighted by molar-refractivity contribution is 9.10. The number of aliphatic hydroxyl groups excluding tert-OH is 2. The summed E-state index contributed by atoms with van der Waals surface area (Å²) in [4.78, 5) is 12.4. The molecule has 14 aromatic carbocycles. The maximum Gasteiger partial charge on any atom is 0.425 e. The fourth-order valence-corrected chi connectivity index (χ4v) is 23.5. The zero-order chi connectivity index (χ0) is 104. The van der Waals surface area contributed by atoms with Crippen molar-refractivity contribution < 1.29 is 66.0 Å². The van der Waals surface area contributed by atoms with Crippen molar-refractivity contribution in [1.29, 1.82) is 36.8 Å². The fourth-order valence-electron chi connectivity index (χ4n) is 16.3. The van der Waals surface area contributed by atoms with Gasteiger partial charge in [-0.15, -0.1) is 0 Å². The highest BCUT2D eigenvalue weighted by atomic mass is 79.9. The van der Waals surface area contributed by atoms with Crippen LogP contribution in [-0.4, -0.2) is 151 Å². The molecule has 0 saturated carbocycles. The number of benzene rings is 14. The fraction of sp³-hybridized carbons (Fsp3) is 0.264. The molecule has 0 spiro atoms. The molecule has 0 aromatic heterocycles. The third kappa shape index (κ3) is 27.4. The molecule has 4 aliphatic rings. The summed E-state index contributed by atoms with van der Waals surface area (Å²) in [7, 11) is -17.8. The van der Waals surface area contributed by atoms with E-state index in [-0.39, 0.29) is 62.4 Å². The van der Waals surface area contributed by atoms with Crippen molar-refractivity contribution in [3.05, 3.63) is 309 Å². The van der Waals surface area contributed by atoms with Crippen LogP contribution in [0.2, 0.25) is 0 Å². The SMILES string of the molecule is CC(CO)Cc1ccc2c(C#N)cccc2c1.CC(COS(C)(=O)=O)Cc1ccc2c(C#N)cccc2c1.CC(N)CO.CC1CN(C(=O)OC(C)(C)C)S(=O)(=O)N1c1ccc2c(C#N)cccc2c1.CC1CNS(=O)(=O)N1c1ccc2c(C#N)cccc2c1.C[C@@H]1CNS(=O)(=O)N1c1ccc2c(C#N)cccc2c1.C[C@H]1CNS(=O)(=O)N1c1ccc2c(C#N)cccc2c1.N#Cc1cccc2cc(Br)ccc12.